The quantitative estimate of drug-likeness (QED) is 0.470. The number of carbonyl (C=O) groups excluding carboxylic acids is 1. The number of benzene rings is 1. The second-order valence-electron chi connectivity index (χ2n) is 7.92. The maximum absolute atomic E-state index is 14.6. The number of hydrogen-bond acceptors (Lipinski definition) is 7. The minimum Gasteiger partial charge on any atom is -0.392 e. The van der Waals surface area contributed by atoms with Gasteiger partial charge in [-0.25, -0.2) is 4.39 Å². The summed E-state index contributed by atoms with van der Waals surface area (Å²) in [4.78, 5) is 23.4. The average Bonchev–Trinajstić information content (AvgIpc) is 2.85. The highest BCUT2D eigenvalue weighted by atomic mass is 35.5. The number of carbonyl (C=O) groups is 1. The van der Waals surface area contributed by atoms with Gasteiger partial charge in [-0.15, -0.1) is 0 Å². The van der Waals surface area contributed by atoms with Gasteiger partial charge in [0.05, 0.1) is 53.8 Å². The molecule has 0 aliphatic carbocycles. The first kappa shape index (κ1) is 23.9. The Labute approximate surface area is 201 Å². The van der Waals surface area contributed by atoms with Crippen molar-refractivity contribution in [3.63, 3.8) is 0 Å². The second-order valence-corrected chi connectivity index (χ2v) is 8.35. The third kappa shape index (κ3) is 5.61. The molecule has 3 aromatic rings. The van der Waals surface area contributed by atoms with Crippen molar-refractivity contribution < 1.29 is 19.0 Å². The lowest BCUT2D eigenvalue weighted by molar-refractivity contribution is 0.0924. The highest BCUT2D eigenvalue weighted by Gasteiger charge is 2.20. The number of aromatic nitrogens is 2. The molecule has 1 amide bonds. The van der Waals surface area contributed by atoms with E-state index in [9.17, 15) is 14.3 Å². The van der Waals surface area contributed by atoms with Crippen LogP contribution >= 0.6 is 11.6 Å². The summed E-state index contributed by atoms with van der Waals surface area (Å²) in [5, 5.41) is 15.9. The summed E-state index contributed by atoms with van der Waals surface area (Å²) in [6.07, 6.45) is 4.02. The molecule has 34 heavy (non-hydrogen) atoms. The number of pyridine rings is 2. The zero-order valence-electron chi connectivity index (χ0n) is 18.6. The van der Waals surface area contributed by atoms with Crippen molar-refractivity contribution in [2.75, 3.05) is 43.1 Å². The maximum Gasteiger partial charge on any atom is 0.255 e. The number of nitrogens with zero attached hydrogens (tertiary/aromatic N) is 3. The lowest BCUT2D eigenvalue weighted by Gasteiger charge is -2.30. The van der Waals surface area contributed by atoms with E-state index < -0.39 is 11.9 Å². The molecule has 0 saturated carbocycles. The minimum atomic E-state index is -0.680. The Kier molecular flexibility index (Phi) is 7.56. The first-order chi connectivity index (χ1) is 16.4. The highest BCUT2D eigenvalue weighted by Crippen LogP contribution is 2.34. The SMILES string of the molecule is CC(O)CNC(=O)c1cnccc1Nc1cc(-c2cc(Cl)ccc2F)ncc1N1CCOCC1. The average molecular weight is 486 g/mol. The Balaban J connectivity index is 1.74. The van der Waals surface area contributed by atoms with Crippen molar-refractivity contribution in [2.45, 2.75) is 13.0 Å². The van der Waals surface area contributed by atoms with Gasteiger partial charge in [-0.1, -0.05) is 11.6 Å². The van der Waals surface area contributed by atoms with E-state index in [1.807, 2.05) is 0 Å². The van der Waals surface area contributed by atoms with E-state index in [1.54, 1.807) is 31.5 Å². The van der Waals surface area contributed by atoms with E-state index in [4.69, 9.17) is 16.3 Å². The van der Waals surface area contributed by atoms with Crippen LogP contribution in [-0.4, -0.2) is 59.9 Å². The monoisotopic (exact) mass is 485 g/mol. The van der Waals surface area contributed by atoms with Crippen molar-refractivity contribution in [2.24, 2.45) is 0 Å². The number of amides is 1. The molecule has 1 fully saturated rings. The van der Waals surface area contributed by atoms with E-state index in [1.165, 1.54) is 24.4 Å². The van der Waals surface area contributed by atoms with Crippen LogP contribution in [-0.2, 0) is 4.74 Å². The number of nitrogens with one attached hydrogen (secondary N) is 2. The first-order valence-corrected chi connectivity index (χ1v) is 11.3. The van der Waals surface area contributed by atoms with Gasteiger partial charge < -0.3 is 25.4 Å². The molecule has 2 aromatic heterocycles. The van der Waals surface area contributed by atoms with Crippen LogP contribution in [0.1, 0.15) is 17.3 Å². The van der Waals surface area contributed by atoms with Crippen molar-refractivity contribution in [1.29, 1.82) is 0 Å². The summed E-state index contributed by atoms with van der Waals surface area (Å²) in [5.74, 6) is -0.816. The van der Waals surface area contributed by atoms with Crippen LogP contribution in [0.3, 0.4) is 0 Å². The molecule has 0 radical (unpaired) electrons. The van der Waals surface area contributed by atoms with E-state index >= 15 is 0 Å². The summed E-state index contributed by atoms with van der Waals surface area (Å²) >= 11 is 6.10. The van der Waals surface area contributed by atoms with Crippen molar-refractivity contribution in [3.8, 4) is 11.3 Å². The third-order valence-electron chi connectivity index (χ3n) is 5.33. The van der Waals surface area contributed by atoms with Gasteiger partial charge in [-0.05, 0) is 37.3 Å². The Morgan fingerprint density at radius 1 is 1.24 bits per heavy atom. The maximum atomic E-state index is 14.6. The van der Waals surface area contributed by atoms with E-state index in [0.717, 1.165) is 5.69 Å². The van der Waals surface area contributed by atoms with Crippen LogP contribution in [0.2, 0.25) is 5.02 Å². The van der Waals surface area contributed by atoms with E-state index in [2.05, 4.69) is 25.5 Å². The Hall–Kier alpha value is -3.27. The summed E-state index contributed by atoms with van der Waals surface area (Å²) < 4.78 is 20.0. The second kappa shape index (κ2) is 10.8. The molecule has 10 heteroatoms. The summed E-state index contributed by atoms with van der Waals surface area (Å²) in [6, 6.07) is 7.73. The fourth-order valence-electron chi connectivity index (χ4n) is 3.61. The molecule has 3 heterocycles. The molecule has 1 aliphatic heterocycles. The Morgan fingerprint density at radius 2 is 2.03 bits per heavy atom. The van der Waals surface area contributed by atoms with Crippen LogP contribution in [0.25, 0.3) is 11.3 Å². The Bertz CT molecular complexity index is 1170. The predicted molar refractivity (Wildman–Crippen MR) is 129 cm³/mol. The molecular weight excluding hydrogens is 461 g/mol. The van der Waals surface area contributed by atoms with Crippen molar-refractivity contribution in [3.05, 3.63) is 65.3 Å². The normalized spacial score (nSPS) is 14.5. The lowest BCUT2D eigenvalue weighted by Crippen LogP contribution is -2.36. The molecule has 178 valence electrons. The molecule has 1 unspecified atom stereocenters. The van der Waals surface area contributed by atoms with Gasteiger partial charge in [0.2, 0.25) is 0 Å². The molecule has 1 aromatic carbocycles. The summed E-state index contributed by atoms with van der Waals surface area (Å²) in [5.41, 5.74) is 2.92. The summed E-state index contributed by atoms with van der Waals surface area (Å²) in [7, 11) is 0. The van der Waals surface area contributed by atoms with Gasteiger partial charge in [-0.2, -0.15) is 0 Å². The van der Waals surface area contributed by atoms with Crippen molar-refractivity contribution >= 4 is 34.6 Å². The lowest BCUT2D eigenvalue weighted by atomic mass is 10.1. The highest BCUT2D eigenvalue weighted by molar-refractivity contribution is 6.30. The third-order valence-corrected chi connectivity index (χ3v) is 5.57. The minimum absolute atomic E-state index is 0.111. The standard InChI is InChI=1S/C24H25ClFN5O3/c1-15(32)12-29-24(33)18-13-27-5-4-20(18)30-22-11-21(17-10-16(25)2-3-19(17)26)28-14-23(22)31-6-8-34-9-7-31/h2-5,10-11,13-15,32H,6-9,12H2,1H3,(H,29,33)(H,27,28,30). The molecule has 1 atom stereocenters. The van der Waals surface area contributed by atoms with Gasteiger partial charge >= 0.3 is 0 Å². The number of halogens is 2. The number of hydrogen-bond donors (Lipinski definition) is 3. The molecule has 1 saturated heterocycles. The molecule has 3 N–H and O–H groups in total. The summed E-state index contributed by atoms with van der Waals surface area (Å²) in [6.45, 7) is 4.18. The predicted octanol–water partition coefficient (Wildman–Crippen LogP) is 3.63. The fraction of sp³-hybridized carbons (Fsp3) is 0.292. The van der Waals surface area contributed by atoms with Gasteiger partial charge in [0.1, 0.15) is 5.82 Å². The number of ether oxygens (including phenoxy) is 1. The van der Waals surface area contributed by atoms with Crippen LogP contribution in [0.4, 0.5) is 21.5 Å². The van der Waals surface area contributed by atoms with Gasteiger partial charge in [0.15, 0.2) is 0 Å². The molecular formula is C24H25ClFN5O3. The fourth-order valence-corrected chi connectivity index (χ4v) is 3.78. The smallest absolute Gasteiger partial charge is 0.255 e. The zero-order valence-corrected chi connectivity index (χ0v) is 19.3. The number of anilines is 3. The van der Waals surface area contributed by atoms with Gasteiger partial charge in [0, 0.05) is 42.6 Å². The van der Waals surface area contributed by atoms with Crippen LogP contribution in [0.5, 0.6) is 0 Å². The Morgan fingerprint density at radius 3 is 2.79 bits per heavy atom. The zero-order chi connectivity index (χ0) is 24.1. The molecule has 0 bridgehead atoms. The van der Waals surface area contributed by atoms with Crippen LogP contribution < -0.4 is 15.5 Å². The van der Waals surface area contributed by atoms with E-state index in [0.29, 0.717) is 54.0 Å². The van der Waals surface area contributed by atoms with Crippen LogP contribution in [0.15, 0.2) is 48.9 Å². The van der Waals surface area contributed by atoms with Crippen molar-refractivity contribution in [1.82, 2.24) is 15.3 Å². The first-order valence-electron chi connectivity index (χ1n) is 10.9. The van der Waals surface area contributed by atoms with E-state index in [-0.39, 0.29) is 18.0 Å². The van der Waals surface area contributed by atoms with Gasteiger partial charge in [0.25, 0.3) is 5.91 Å². The number of morpholine rings is 1. The number of aliphatic hydroxyl groups is 1. The molecule has 8 nitrogen and oxygen atoms in total. The molecule has 4 rings (SSSR count). The molecule has 1 aliphatic rings. The largest absolute Gasteiger partial charge is 0.392 e. The van der Waals surface area contributed by atoms with Gasteiger partial charge in [-0.3, -0.25) is 14.8 Å². The number of rotatable bonds is 7. The molecule has 0 spiro atoms. The number of aliphatic hydroxyl groups excluding tert-OH is 1. The van der Waals surface area contributed by atoms with Crippen LogP contribution in [0, 0.1) is 5.82 Å². The topological polar surface area (TPSA) is 99.6 Å².